The zero-order chi connectivity index (χ0) is 13.4. The summed E-state index contributed by atoms with van der Waals surface area (Å²) >= 11 is 0. The Labute approximate surface area is 109 Å². The molecule has 0 saturated carbocycles. The van der Waals surface area contributed by atoms with Gasteiger partial charge in [-0.3, -0.25) is 9.59 Å². The average molecular weight is 263 g/mol. The number of benzene rings is 1. The smallest absolute Gasteiger partial charge is 0.308 e. The van der Waals surface area contributed by atoms with Gasteiger partial charge in [-0.2, -0.15) is 0 Å². The fourth-order valence-corrected chi connectivity index (χ4v) is 2.32. The maximum atomic E-state index is 11.8. The molecule has 0 spiro atoms. The SMILES string of the molecule is O=C(O)C1CC(=O)N(c2ccc3c(c2)OCCO3)C1. The molecule has 0 bridgehead atoms. The molecule has 0 aliphatic carbocycles. The molecule has 1 atom stereocenters. The molecule has 3 rings (SSSR count). The Kier molecular flexibility index (Phi) is 2.77. The third-order valence-corrected chi connectivity index (χ3v) is 3.31. The minimum absolute atomic E-state index is 0.0454. The fourth-order valence-electron chi connectivity index (χ4n) is 2.32. The van der Waals surface area contributed by atoms with Crippen LogP contribution < -0.4 is 14.4 Å². The third kappa shape index (κ3) is 2.09. The average Bonchev–Trinajstić information content (AvgIpc) is 2.80. The van der Waals surface area contributed by atoms with Gasteiger partial charge < -0.3 is 19.5 Å². The largest absolute Gasteiger partial charge is 0.486 e. The Bertz CT molecular complexity index is 542. The van der Waals surface area contributed by atoms with Crippen molar-refractivity contribution in [2.24, 2.45) is 5.92 Å². The van der Waals surface area contributed by atoms with Crippen molar-refractivity contribution in [1.29, 1.82) is 0 Å². The Morgan fingerprint density at radius 1 is 1.26 bits per heavy atom. The number of hydrogen-bond acceptors (Lipinski definition) is 4. The van der Waals surface area contributed by atoms with Gasteiger partial charge in [0.2, 0.25) is 5.91 Å². The van der Waals surface area contributed by atoms with E-state index in [2.05, 4.69) is 0 Å². The number of carboxylic acid groups (broad SMARTS) is 1. The quantitative estimate of drug-likeness (QED) is 0.857. The van der Waals surface area contributed by atoms with E-state index in [1.54, 1.807) is 18.2 Å². The first kappa shape index (κ1) is 11.8. The number of hydrogen-bond donors (Lipinski definition) is 1. The van der Waals surface area contributed by atoms with E-state index in [1.807, 2.05) is 0 Å². The van der Waals surface area contributed by atoms with Gasteiger partial charge in [0.05, 0.1) is 5.92 Å². The summed E-state index contributed by atoms with van der Waals surface area (Å²) in [6.07, 6.45) is 0.0454. The second kappa shape index (κ2) is 4.46. The summed E-state index contributed by atoms with van der Waals surface area (Å²) in [5.41, 5.74) is 0.651. The van der Waals surface area contributed by atoms with Crippen molar-refractivity contribution in [1.82, 2.24) is 0 Å². The number of carbonyl (C=O) groups is 2. The predicted molar refractivity (Wildman–Crippen MR) is 65.5 cm³/mol. The monoisotopic (exact) mass is 263 g/mol. The van der Waals surface area contributed by atoms with Crippen LogP contribution in [0, 0.1) is 5.92 Å². The normalized spacial score (nSPS) is 21.6. The predicted octanol–water partition coefficient (Wildman–Crippen LogP) is 0.895. The van der Waals surface area contributed by atoms with Gasteiger partial charge in [-0.1, -0.05) is 0 Å². The number of nitrogens with zero attached hydrogens (tertiary/aromatic N) is 1. The van der Waals surface area contributed by atoms with Gasteiger partial charge in [-0.05, 0) is 12.1 Å². The Balaban J connectivity index is 1.86. The van der Waals surface area contributed by atoms with Crippen molar-refractivity contribution in [3.05, 3.63) is 18.2 Å². The zero-order valence-electron chi connectivity index (χ0n) is 10.2. The lowest BCUT2D eigenvalue weighted by Crippen LogP contribution is -2.26. The van der Waals surface area contributed by atoms with Crippen molar-refractivity contribution in [2.75, 3.05) is 24.7 Å². The molecule has 0 aromatic heterocycles. The molecule has 1 unspecified atom stereocenters. The summed E-state index contributed by atoms with van der Waals surface area (Å²) in [7, 11) is 0. The maximum Gasteiger partial charge on any atom is 0.308 e. The first-order valence-corrected chi connectivity index (χ1v) is 6.08. The molecule has 1 aromatic carbocycles. The van der Waals surface area contributed by atoms with Gasteiger partial charge in [0.15, 0.2) is 11.5 Å². The molecule has 6 heteroatoms. The van der Waals surface area contributed by atoms with Gasteiger partial charge in [-0.15, -0.1) is 0 Å². The van der Waals surface area contributed by atoms with Crippen LogP contribution in [0.3, 0.4) is 0 Å². The highest BCUT2D eigenvalue weighted by atomic mass is 16.6. The fraction of sp³-hybridized carbons (Fsp3) is 0.385. The van der Waals surface area contributed by atoms with Gasteiger partial charge in [-0.25, -0.2) is 0 Å². The van der Waals surface area contributed by atoms with Crippen molar-refractivity contribution < 1.29 is 24.2 Å². The molecular formula is C13H13NO5. The second-order valence-corrected chi connectivity index (χ2v) is 4.57. The number of ether oxygens (including phenoxy) is 2. The summed E-state index contributed by atoms with van der Waals surface area (Å²) in [6, 6.07) is 5.21. The molecule has 0 radical (unpaired) electrons. The van der Waals surface area contributed by atoms with Gasteiger partial charge >= 0.3 is 5.97 Å². The number of carboxylic acids is 1. The highest BCUT2D eigenvalue weighted by molar-refractivity contribution is 5.99. The first-order chi connectivity index (χ1) is 9.15. The van der Waals surface area contributed by atoms with Gasteiger partial charge in [0.25, 0.3) is 0 Å². The lowest BCUT2D eigenvalue weighted by Gasteiger charge is -2.22. The minimum atomic E-state index is -0.937. The highest BCUT2D eigenvalue weighted by Crippen LogP contribution is 2.35. The minimum Gasteiger partial charge on any atom is -0.486 e. The van der Waals surface area contributed by atoms with E-state index in [9.17, 15) is 9.59 Å². The number of carbonyl (C=O) groups excluding carboxylic acids is 1. The number of anilines is 1. The Morgan fingerprint density at radius 3 is 2.68 bits per heavy atom. The van der Waals surface area contributed by atoms with E-state index >= 15 is 0 Å². The molecule has 2 aliphatic rings. The number of rotatable bonds is 2. The lowest BCUT2D eigenvalue weighted by molar-refractivity contribution is -0.141. The molecule has 2 aliphatic heterocycles. The van der Waals surface area contributed by atoms with Crippen LogP contribution in [0.15, 0.2) is 18.2 Å². The topological polar surface area (TPSA) is 76.1 Å². The van der Waals surface area contributed by atoms with Gasteiger partial charge in [0, 0.05) is 24.7 Å². The van der Waals surface area contributed by atoms with E-state index in [1.165, 1.54) is 4.90 Å². The van der Waals surface area contributed by atoms with Crippen LogP contribution in [-0.4, -0.2) is 36.7 Å². The van der Waals surface area contributed by atoms with Crippen LogP contribution in [-0.2, 0) is 9.59 Å². The molecule has 19 heavy (non-hydrogen) atoms. The Morgan fingerprint density at radius 2 is 2.00 bits per heavy atom. The van der Waals surface area contributed by atoms with Crippen LogP contribution in [0.2, 0.25) is 0 Å². The highest BCUT2D eigenvalue weighted by Gasteiger charge is 2.35. The van der Waals surface area contributed by atoms with Gasteiger partial charge in [0.1, 0.15) is 13.2 Å². The molecule has 2 heterocycles. The van der Waals surface area contributed by atoms with Crippen LogP contribution in [0.25, 0.3) is 0 Å². The summed E-state index contributed by atoms with van der Waals surface area (Å²) in [4.78, 5) is 24.3. The molecule has 1 fully saturated rings. The third-order valence-electron chi connectivity index (χ3n) is 3.31. The van der Waals surface area contributed by atoms with E-state index in [-0.39, 0.29) is 18.9 Å². The Hall–Kier alpha value is -2.24. The van der Waals surface area contributed by atoms with Crippen molar-refractivity contribution in [3.63, 3.8) is 0 Å². The molecule has 100 valence electrons. The number of amides is 1. The zero-order valence-corrected chi connectivity index (χ0v) is 10.2. The van der Waals surface area contributed by atoms with Crippen molar-refractivity contribution >= 4 is 17.6 Å². The standard InChI is InChI=1S/C13H13NO5/c15-12-5-8(13(16)17)7-14(12)9-1-2-10-11(6-9)19-4-3-18-10/h1-2,6,8H,3-5,7H2,(H,16,17). The summed E-state index contributed by atoms with van der Waals surface area (Å²) in [5.74, 6) is -0.509. The molecule has 6 nitrogen and oxygen atoms in total. The van der Waals surface area contributed by atoms with E-state index in [0.717, 1.165) is 0 Å². The number of aliphatic carboxylic acids is 1. The van der Waals surface area contributed by atoms with Crippen molar-refractivity contribution in [2.45, 2.75) is 6.42 Å². The molecule has 1 aromatic rings. The van der Waals surface area contributed by atoms with E-state index in [0.29, 0.717) is 30.4 Å². The summed E-state index contributed by atoms with van der Waals surface area (Å²) in [5, 5.41) is 8.96. The molecule has 1 N–H and O–H groups in total. The van der Waals surface area contributed by atoms with Crippen molar-refractivity contribution in [3.8, 4) is 11.5 Å². The first-order valence-electron chi connectivity index (χ1n) is 6.08. The summed E-state index contributed by atoms with van der Waals surface area (Å²) < 4.78 is 10.9. The van der Waals surface area contributed by atoms with Crippen LogP contribution in [0.1, 0.15) is 6.42 Å². The second-order valence-electron chi connectivity index (χ2n) is 4.57. The summed E-state index contributed by atoms with van der Waals surface area (Å²) in [6.45, 7) is 1.19. The molecule has 1 amide bonds. The van der Waals surface area contributed by atoms with Crippen LogP contribution >= 0.6 is 0 Å². The lowest BCUT2D eigenvalue weighted by atomic mass is 10.1. The maximum absolute atomic E-state index is 11.8. The molecular weight excluding hydrogens is 250 g/mol. The van der Waals surface area contributed by atoms with Crippen LogP contribution in [0.5, 0.6) is 11.5 Å². The molecule has 1 saturated heterocycles. The van der Waals surface area contributed by atoms with Crippen LogP contribution in [0.4, 0.5) is 5.69 Å². The van der Waals surface area contributed by atoms with E-state index in [4.69, 9.17) is 14.6 Å². The van der Waals surface area contributed by atoms with E-state index < -0.39 is 11.9 Å². The number of fused-ring (bicyclic) bond motifs is 1.